The van der Waals surface area contributed by atoms with Crippen molar-refractivity contribution in [3.05, 3.63) is 59.5 Å². The van der Waals surface area contributed by atoms with E-state index in [1.165, 1.54) is 18.3 Å². The maximum atomic E-state index is 15.0. The van der Waals surface area contributed by atoms with Gasteiger partial charge in [0, 0.05) is 24.7 Å². The molecule has 0 unspecified atom stereocenters. The van der Waals surface area contributed by atoms with E-state index in [2.05, 4.69) is 24.8 Å². The van der Waals surface area contributed by atoms with E-state index in [0.717, 1.165) is 23.0 Å². The van der Waals surface area contributed by atoms with Crippen molar-refractivity contribution in [2.45, 2.75) is 19.4 Å². The fourth-order valence-electron chi connectivity index (χ4n) is 4.37. The van der Waals surface area contributed by atoms with Gasteiger partial charge < -0.3 is 20.5 Å². The molecule has 0 bridgehead atoms. The molecule has 1 saturated heterocycles. The number of carbonyl (C=O) groups excluding carboxylic acids is 1. The van der Waals surface area contributed by atoms with E-state index in [9.17, 15) is 4.79 Å². The van der Waals surface area contributed by atoms with Crippen molar-refractivity contribution in [3.63, 3.8) is 0 Å². The Kier molecular flexibility index (Phi) is 5.49. The Morgan fingerprint density at radius 2 is 2.06 bits per heavy atom. The van der Waals surface area contributed by atoms with Crippen LogP contribution in [-0.2, 0) is 0 Å². The number of likely N-dealkylation sites (N-methyl/N-ethyl adjacent to an activating group) is 1. The first-order valence-corrected chi connectivity index (χ1v) is 11.2. The first kappa shape index (κ1) is 22.0. The first-order chi connectivity index (χ1) is 16.3. The standard InChI is InChI=1S/C25H26FN7O/c1-14-5-4-6-19-21(14)31-24(30-19)22-23(27)28-12-20(29-22)15-7-8-17(18(26)11-15)25(34)33-10-9-16(13-33)32(2)3/h4-8,11-12,16H,9-10,13H2,1-3H3,(H2,27,28)(H,30,31)/t16-/m0/s1. The van der Waals surface area contributed by atoms with Gasteiger partial charge in [0.1, 0.15) is 11.5 Å². The number of amides is 1. The number of rotatable bonds is 4. The number of benzene rings is 2. The summed E-state index contributed by atoms with van der Waals surface area (Å²) in [5.41, 5.74) is 10.2. The minimum atomic E-state index is -0.588. The zero-order valence-corrected chi connectivity index (χ0v) is 19.3. The third-order valence-electron chi connectivity index (χ3n) is 6.42. The summed E-state index contributed by atoms with van der Waals surface area (Å²) in [6, 6.07) is 10.7. The lowest BCUT2D eigenvalue weighted by molar-refractivity contribution is 0.0778. The van der Waals surface area contributed by atoms with Crippen LogP contribution >= 0.6 is 0 Å². The molecule has 0 saturated carbocycles. The molecule has 8 nitrogen and oxygen atoms in total. The number of aryl methyl sites for hydroxylation is 1. The van der Waals surface area contributed by atoms with Crippen molar-refractivity contribution in [2.75, 3.05) is 32.9 Å². The number of hydrogen-bond acceptors (Lipinski definition) is 6. The van der Waals surface area contributed by atoms with Gasteiger partial charge in [-0.05, 0) is 51.2 Å². The minimum Gasteiger partial charge on any atom is -0.382 e. The zero-order valence-electron chi connectivity index (χ0n) is 19.3. The molecule has 1 aliphatic heterocycles. The molecule has 4 aromatic rings. The number of nitrogens with one attached hydrogen (secondary N) is 1. The Labute approximate surface area is 196 Å². The number of para-hydroxylation sites is 1. The SMILES string of the molecule is Cc1cccc2[nH]c(-c3nc(-c4ccc(C(=O)N5CC[C@H](N(C)C)C5)c(F)c4)cnc3N)nc12. The fraction of sp³-hybridized carbons (Fsp3) is 0.280. The van der Waals surface area contributed by atoms with Gasteiger partial charge >= 0.3 is 0 Å². The molecule has 1 atom stereocenters. The number of aromatic amines is 1. The van der Waals surface area contributed by atoms with E-state index in [0.29, 0.717) is 35.9 Å². The largest absolute Gasteiger partial charge is 0.382 e. The number of fused-ring (bicyclic) bond motifs is 1. The molecule has 0 aliphatic carbocycles. The second-order valence-corrected chi connectivity index (χ2v) is 8.90. The summed E-state index contributed by atoms with van der Waals surface area (Å²) in [5.74, 6) is -0.171. The fourth-order valence-corrected chi connectivity index (χ4v) is 4.37. The summed E-state index contributed by atoms with van der Waals surface area (Å²) in [6.07, 6.45) is 2.37. The molecule has 1 amide bonds. The van der Waals surface area contributed by atoms with Crippen LogP contribution < -0.4 is 5.73 Å². The van der Waals surface area contributed by atoms with Crippen LogP contribution in [0.2, 0.25) is 0 Å². The Morgan fingerprint density at radius 1 is 1.24 bits per heavy atom. The number of halogens is 1. The molecule has 0 radical (unpaired) electrons. The predicted molar refractivity (Wildman–Crippen MR) is 130 cm³/mol. The summed E-state index contributed by atoms with van der Waals surface area (Å²) >= 11 is 0. The summed E-state index contributed by atoms with van der Waals surface area (Å²) in [5, 5.41) is 0. The number of hydrogen-bond donors (Lipinski definition) is 2. The molecule has 174 valence electrons. The lowest BCUT2D eigenvalue weighted by Gasteiger charge is -2.20. The van der Waals surface area contributed by atoms with Gasteiger partial charge in [-0.25, -0.2) is 19.3 Å². The minimum absolute atomic E-state index is 0.0551. The van der Waals surface area contributed by atoms with E-state index < -0.39 is 5.82 Å². The third-order valence-corrected chi connectivity index (χ3v) is 6.42. The molecule has 5 rings (SSSR count). The lowest BCUT2D eigenvalue weighted by Crippen LogP contribution is -2.34. The normalized spacial score (nSPS) is 16.0. The highest BCUT2D eigenvalue weighted by Crippen LogP contribution is 2.28. The maximum Gasteiger partial charge on any atom is 0.256 e. The van der Waals surface area contributed by atoms with Crippen molar-refractivity contribution < 1.29 is 9.18 Å². The van der Waals surface area contributed by atoms with Crippen LogP contribution in [0.5, 0.6) is 0 Å². The van der Waals surface area contributed by atoms with Crippen LogP contribution in [0.1, 0.15) is 22.3 Å². The summed E-state index contributed by atoms with van der Waals surface area (Å²) in [7, 11) is 3.98. The van der Waals surface area contributed by atoms with Gasteiger partial charge in [0.15, 0.2) is 11.6 Å². The summed E-state index contributed by atoms with van der Waals surface area (Å²) < 4.78 is 15.0. The number of anilines is 1. The second kappa shape index (κ2) is 8.49. The molecule has 2 aromatic carbocycles. The van der Waals surface area contributed by atoms with Gasteiger partial charge in [-0.3, -0.25) is 4.79 Å². The molecule has 2 aromatic heterocycles. The summed E-state index contributed by atoms with van der Waals surface area (Å²) in [6.45, 7) is 3.19. The monoisotopic (exact) mass is 459 g/mol. The molecule has 34 heavy (non-hydrogen) atoms. The van der Waals surface area contributed by atoms with E-state index in [1.54, 1.807) is 11.0 Å². The number of H-pyrrole nitrogens is 1. The maximum absolute atomic E-state index is 15.0. The Hall–Kier alpha value is -3.85. The van der Waals surface area contributed by atoms with Crippen molar-refractivity contribution in [1.29, 1.82) is 0 Å². The molecule has 0 spiro atoms. The Balaban J connectivity index is 1.45. The first-order valence-electron chi connectivity index (χ1n) is 11.2. The van der Waals surface area contributed by atoms with E-state index in [1.807, 2.05) is 39.2 Å². The van der Waals surface area contributed by atoms with Gasteiger partial charge in [0.25, 0.3) is 5.91 Å². The van der Waals surface area contributed by atoms with Gasteiger partial charge in [-0.1, -0.05) is 18.2 Å². The van der Waals surface area contributed by atoms with Crippen LogP contribution in [0.4, 0.5) is 10.2 Å². The number of nitrogen functional groups attached to an aromatic ring is 1. The highest BCUT2D eigenvalue weighted by Gasteiger charge is 2.29. The van der Waals surface area contributed by atoms with Gasteiger partial charge in [-0.15, -0.1) is 0 Å². The van der Waals surface area contributed by atoms with Crippen LogP contribution in [0.3, 0.4) is 0 Å². The van der Waals surface area contributed by atoms with Crippen molar-refractivity contribution in [1.82, 2.24) is 29.7 Å². The highest BCUT2D eigenvalue weighted by molar-refractivity contribution is 5.95. The van der Waals surface area contributed by atoms with Crippen LogP contribution in [0.15, 0.2) is 42.6 Å². The molecule has 3 heterocycles. The molecule has 1 aliphatic rings. The molecule has 1 fully saturated rings. The Bertz CT molecular complexity index is 1400. The third kappa shape index (κ3) is 3.88. The van der Waals surface area contributed by atoms with E-state index >= 15 is 4.39 Å². The zero-order chi connectivity index (χ0) is 24.0. The topological polar surface area (TPSA) is 104 Å². The van der Waals surface area contributed by atoms with Gasteiger partial charge in [0.2, 0.25) is 0 Å². The van der Waals surface area contributed by atoms with Gasteiger partial charge in [0.05, 0.1) is 28.5 Å². The van der Waals surface area contributed by atoms with Crippen LogP contribution in [0, 0.1) is 12.7 Å². The van der Waals surface area contributed by atoms with Crippen LogP contribution in [-0.4, -0.2) is 68.9 Å². The Morgan fingerprint density at radius 3 is 2.76 bits per heavy atom. The van der Waals surface area contributed by atoms with Crippen molar-refractivity contribution in [2.24, 2.45) is 0 Å². The van der Waals surface area contributed by atoms with E-state index in [-0.39, 0.29) is 23.3 Å². The van der Waals surface area contributed by atoms with Crippen molar-refractivity contribution in [3.8, 4) is 22.8 Å². The van der Waals surface area contributed by atoms with Gasteiger partial charge in [-0.2, -0.15) is 0 Å². The number of imidazole rings is 1. The smallest absolute Gasteiger partial charge is 0.256 e. The number of nitrogens with two attached hydrogens (primary N) is 1. The molecular weight excluding hydrogens is 433 g/mol. The lowest BCUT2D eigenvalue weighted by atomic mass is 10.1. The quantitative estimate of drug-likeness (QED) is 0.484. The summed E-state index contributed by atoms with van der Waals surface area (Å²) in [4.78, 5) is 33.4. The van der Waals surface area contributed by atoms with Crippen LogP contribution in [0.25, 0.3) is 33.8 Å². The second-order valence-electron chi connectivity index (χ2n) is 8.90. The average Bonchev–Trinajstić information content (AvgIpc) is 3.47. The average molecular weight is 460 g/mol. The number of nitrogens with zero attached hydrogens (tertiary/aromatic N) is 5. The number of likely N-dealkylation sites (tertiary alicyclic amines) is 1. The van der Waals surface area contributed by atoms with E-state index in [4.69, 9.17) is 5.73 Å². The molecular formula is C25H26FN7O. The predicted octanol–water partition coefficient (Wildman–Crippen LogP) is 3.49. The molecule has 9 heteroatoms. The number of aromatic nitrogens is 4. The number of carbonyl (C=O) groups is 1. The highest BCUT2D eigenvalue weighted by atomic mass is 19.1. The van der Waals surface area contributed by atoms with Crippen molar-refractivity contribution >= 4 is 22.8 Å². The molecule has 3 N–H and O–H groups in total.